The third kappa shape index (κ3) is 3.91. The van der Waals surface area contributed by atoms with E-state index in [1.165, 1.54) is 22.1 Å². The zero-order valence-electron chi connectivity index (χ0n) is 17.5. The average molecular weight is 398 g/mol. The van der Waals surface area contributed by atoms with Crippen molar-refractivity contribution in [3.05, 3.63) is 126 Å². The fraction of sp³-hybridized carbons (Fsp3) is 0.0333. The lowest BCUT2D eigenvalue weighted by Crippen LogP contribution is -1.96. The molecule has 31 heavy (non-hydrogen) atoms. The number of rotatable bonds is 4. The van der Waals surface area contributed by atoms with E-state index in [0.717, 1.165) is 27.9 Å². The van der Waals surface area contributed by atoms with Crippen LogP contribution in [0.2, 0.25) is 0 Å². The number of pyridine rings is 1. The maximum Gasteiger partial charge on any atom is 0.0794 e. The SMILES string of the molecule is Cc1ccc2c(/C=C/c3ccccc3)nc(-c3ccccc3)c(-c3ccccc3)c2c1. The second-order valence-corrected chi connectivity index (χ2v) is 7.75. The van der Waals surface area contributed by atoms with Gasteiger partial charge in [0.25, 0.3) is 0 Å². The zero-order valence-corrected chi connectivity index (χ0v) is 17.5. The van der Waals surface area contributed by atoms with Crippen LogP contribution >= 0.6 is 0 Å². The van der Waals surface area contributed by atoms with E-state index in [4.69, 9.17) is 4.98 Å². The van der Waals surface area contributed by atoms with Gasteiger partial charge in [0.05, 0.1) is 11.4 Å². The molecule has 0 fully saturated rings. The van der Waals surface area contributed by atoms with E-state index in [2.05, 4.69) is 116 Å². The zero-order chi connectivity index (χ0) is 21.0. The summed E-state index contributed by atoms with van der Waals surface area (Å²) in [5.74, 6) is 0. The third-order valence-electron chi connectivity index (χ3n) is 5.53. The van der Waals surface area contributed by atoms with E-state index in [9.17, 15) is 0 Å². The molecule has 0 spiro atoms. The van der Waals surface area contributed by atoms with Gasteiger partial charge >= 0.3 is 0 Å². The van der Waals surface area contributed by atoms with Gasteiger partial charge in [0, 0.05) is 16.5 Å². The molecule has 0 amide bonds. The van der Waals surface area contributed by atoms with Crippen molar-refractivity contribution in [1.29, 1.82) is 0 Å². The van der Waals surface area contributed by atoms with Crippen LogP contribution in [0.5, 0.6) is 0 Å². The van der Waals surface area contributed by atoms with Crippen LogP contribution in [-0.4, -0.2) is 4.98 Å². The summed E-state index contributed by atoms with van der Waals surface area (Å²) < 4.78 is 0. The van der Waals surface area contributed by atoms with Gasteiger partial charge in [0.15, 0.2) is 0 Å². The molecule has 1 nitrogen and oxygen atoms in total. The molecule has 5 aromatic rings. The standard InChI is InChI=1S/C30H23N/c1-22-17-19-26-27(21-22)29(24-13-7-3-8-14-24)30(25-15-9-4-10-16-25)31-28(26)20-18-23-11-5-2-6-12-23/h2-21H,1H3/b20-18+. The molecule has 1 aromatic heterocycles. The predicted molar refractivity (Wildman–Crippen MR) is 133 cm³/mol. The fourth-order valence-corrected chi connectivity index (χ4v) is 4.02. The molecule has 0 radical (unpaired) electrons. The normalized spacial score (nSPS) is 11.3. The minimum absolute atomic E-state index is 0.984. The summed E-state index contributed by atoms with van der Waals surface area (Å²) >= 11 is 0. The van der Waals surface area contributed by atoms with Gasteiger partial charge in [-0.05, 0) is 29.5 Å². The predicted octanol–water partition coefficient (Wildman–Crippen LogP) is 8.05. The smallest absolute Gasteiger partial charge is 0.0794 e. The van der Waals surface area contributed by atoms with Crippen LogP contribution in [0.3, 0.4) is 0 Å². The molecule has 1 heteroatoms. The quantitative estimate of drug-likeness (QED) is 0.299. The van der Waals surface area contributed by atoms with Crippen molar-refractivity contribution < 1.29 is 0 Å². The van der Waals surface area contributed by atoms with Crippen LogP contribution < -0.4 is 0 Å². The van der Waals surface area contributed by atoms with Crippen LogP contribution in [-0.2, 0) is 0 Å². The molecule has 0 saturated carbocycles. The summed E-state index contributed by atoms with van der Waals surface area (Å²) in [5.41, 5.74) is 7.89. The molecule has 0 atom stereocenters. The lowest BCUT2D eigenvalue weighted by Gasteiger charge is -2.16. The van der Waals surface area contributed by atoms with Crippen LogP contribution in [0.1, 0.15) is 16.8 Å². The highest BCUT2D eigenvalue weighted by Gasteiger charge is 2.16. The van der Waals surface area contributed by atoms with Gasteiger partial charge in [-0.15, -0.1) is 0 Å². The first kappa shape index (κ1) is 19.0. The molecular formula is C30H23N. The van der Waals surface area contributed by atoms with Crippen molar-refractivity contribution in [2.24, 2.45) is 0 Å². The van der Waals surface area contributed by atoms with Crippen molar-refractivity contribution in [3.8, 4) is 22.4 Å². The Morgan fingerprint density at radius 3 is 1.87 bits per heavy atom. The number of aromatic nitrogens is 1. The Labute approximate surface area is 183 Å². The Morgan fingerprint density at radius 1 is 0.581 bits per heavy atom. The highest BCUT2D eigenvalue weighted by atomic mass is 14.7. The molecule has 0 unspecified atom stereocenters. The van der Waals surface area contributed by atoms with E-state index < -0.39 is 0 Å². The molecule has 0 aliphatic heterocycles. The highest BCUT2D eigenvalue weighted by molar-refractivity contribution is 6.06. The molecule has 0 aliphatic carbocycles. The van der Waals surface area contributed by atoms with Gasteiger partial charge < -0.3 is 0 Å². The first-order valence-corrected chi connectivity index (χ1v) is 10.6. The molecule has 4 aromatic carbocycles. The van der Waals surface area contributed by atoms with E-state index in [-0.39, 0.29) is 0 Å². The maximum absolute atomic E-state index is 5.21. The lowest BCUT2D eigenvalue weighted by atomic mass is 9.92. The number of aryl methyl sites for hydroxylation is 1. The second kappa shape index (κ2) is 8.41. The summed E-state index contributed by atoms with van der Waals surface area (Å²) in [4.78, 5) is 5.21. The van der Waals surface area contributed by atoms with Crippen LogP contribution in [0, 0.1) is 6.92 Å². The topological polar surface area (TPSA) is 12.9 Å². The first-order chi connectivity index (χ1) is 15.3. The first-order valence-electron chi connectivity index (χ1n) is 10.6. The van der Waals surface area contributed by atoms with Crippen molar-refractivity contribution in [2.75, 3.05) is 0 Å². The largest absolute Gasteiger partial charge is 0.247 e. The summed E-state index contributed by atoms with van der Waals surface area (Å²) in [6.07, 6.45) is 4.27. The Kier molecular flexibility index (Phi) is 5.16. The number of hydrogen-bond acceptors (Lipinski definition) is 1. The summed E-state index contributed by atoms with van der Waals surface area (Å²) in [5, 5.41) is 2.39. The molecule has 5 rings (SSSR count). The monoisotopic (exact) mass is 397 g/mol. The van der Waals surface area contributed by atoms with E-state index in [1.54, 1.807) is 0 Å². The molecule has 0 aliphatic rings. The maximum atomic E-state index is 5.21. The van der Waals surface area contributed by atoms with Gasteiger partial charge in [-0.1, -0.05) is 121 Å². The van der Waals surface area contributed by atoms with Gasteiger partial charge in [0.1, 0.15) is 0 Å². The van der Waals surface area contributed by atoms with Crippen molar-refractivity contribution >= 4 is 22.9 Å². The number of fused-ring (bicyclic) bond motifs is 1. The summed E-state index contributed by atoms with van der Waals surface area (Å²) in [7, 11) is 0. The van der Waals surface area contributed by atoms with Gasteiger partial charge in [0.2, 0.25) is 0 Å². The van der Waals surface area contributed by atoms with E-state index in [0.29, 0.717) is 0 Å². The van der Waals surface area contributed by atoms with Gasteiger partial charge in [-0.25, -0.2) is 4.98 Å². The molecule has 0 N–H and O–H groups in total. The van der Waals surface area contributed by atoms with Gasteiger partial charge in [-0.3, -0.25) is 0 Å². The second-order valence-electron chi connectivity index (χ2n) is 7.75. The molecule has 148 valence electrons. The van der Waals surface area contributed by atoms with Crippen molar-refractivity contribution in [2.45, 2.75) is 6.92 Å². The van der Waals surface area contributed by atoms with E-state index in [1.807, 2.05) is 12.1 Å². The van der Waals surface area contributed by atoms with Crippen LogP contribution in [0.15, 0.2) is 109 Å². The van der Waals surface area contributed by atoms with Crippen LogP contribution in [0.4, 0.5) is 0 Å². The average Bonchev–Trinajstić information content (AvgIpc) is 2.83. The van der Waals surface area contributed by atoms with E-state index >= 15 is 0 Å². The Bertz CT molecular complexity index is 1350. The lowest BCUT2D eigenvalue weighted by molar-refractivity contribution is 1.32. The minimum Gasteiger partial charge on any atom is -0.247 e. The highest BCUT2D eigenvalue weighted by Crippen LogP contribution is 2.38. The number of hydrogen-bond donors (Lipinski definition) is 0. The molecule has 0 bridgehead atoms. The summed E-state index contributed by atoms with van der Waals surface area (Å²) in [6.45, 7) is 2.15. The van der Waals surface area contributed by atoms with Gasteiger partial charge in [-0.2, -0.15) is 0 Å². The molecular weight excluding hydrogens is 374 g/mol. The van der Waals surface area contributed by atoms with Crippen molar-refractivity contribution in [3.63, 3.8) is 0 Å². The number of nitrogens with zero attached hydrogens (tertiary/aromatic N) is 1. The van der Waals surface area contributed by atoms with Crippen molar-refractivity contribution in [1.82, 2.24) is 4.98 Å². The fourth-order valence-electron chi connectivity index (χ4n) is 4.02. The molecule has 0 saturated heterocycles. The Morgan fingerprint density at radius 2 is 1.19 bits per heavy atom. The summed E-state index contributed by atoms with van der Waals surface area (Å²) in [6, 6.07) is 38.1. The minimum atomic E-state index is 0.984. The Balaban J connectivity index is 1.82. The number of benzene rings is 4. The molecule has 1 heterocycles. The Hall–Kier alpha value is -3.97. The third-order valence-corrected chi connectivity index (χ3v) is 5.53. The van der Waals surface area contributed by atoms with Crippen LogP contribution in [0.25, 0.3) is 45.3 Å².